The largest absolute Gasteiger partial charge is 0.366 e. The number of nitrogens with zero attached hydrogens (tertiary/aromatic N) is 1. The number of hydrogen-bond donors (Lipinski definition) is 3. The Labute approximate surface area is 101 Å². The molecule has 0 radical (unpaired) electrons. The summed E-state index contributed by atoms with van der Waals surface area (Å²) in [5, 5.41) is 3.29. The summed E-state index contributed by atoms with van der Waals surface area (Å²) in [4.78, 5) is 18.5. The number of aromatic nitrogens is 2. The van der Waals surface area contributed by atoms with Crippen LogP contribution in [-0.4, -0.2) is 22.1 Å². The van der Waals surface area contributed by atoms with Crippen LogP contribution in [0.25, 0.3) is 0 Å². The van der Waals surface area contributed by atoms with Crippen molar-refractivity contribution < 1.29 is 0 Å². The molecule has 4 N–H and O–H groups in total. The molecular formula is C12H20N4O. The molecule has 1 heterocycles. The molecule has 2 rings (SSSR count). The van der Waals surface area contributed by atoms with Crippen molar-refractivity contribution in [1.82, 2.24) is 9.97 Å². The van der Waals surface area contributed by atoms with Gasteiger partial charge in [-0.1, -0.05) is 19.8 Å². The molecule has 0 amide bonds. The van der Waals surface area contributed by atoms with Crippen LogP contribution in [0.3, 0.4) is 0 Å². The third kappa shape index (κ3) is 3.06. The standard InChI is InChI=1S/C12H20N4O/c1-2-10-15-11(7-12(17)16-10)14-9-6-4-3-5-8(9)13/h7-9H,2-6,13H2,1H3,(H2,14,15,16,17). The van der Waals surface area contributed by atoms with Crippen LogP contribution in [0.5, 0.6) is 0 Å². The third-order valence-corrected chi connectivity index (χ3v) is 3.28. The predicted molar refractivity (Wildman–Crippen MR) is 68.1 cm³/mol. The van der Waals surface area contributed by atoms with Crippen LogP contribution in [0.4, 0.5) is 5.82 Å². The van der Waals surface area contributed by atoms with E-state index in [0.717, 1.165) is 19.3 Å². The van der Waals surface area contributed by atoms with Gasteiger partial charge in [-0.25, -0.2) is 4.98 Å². The molecule has 1 saturated carbocycles. The topological polar surface area (TPSA) is 83.8 Å². The fraction of sp³-hybridized carbons (Fsp3) is 0.667. The van der Waals surface area contributed by atoms with Crippen molar-refractivity contribution in [3.8, 4) is 0 Å². The molecule has 0 bridgehead atoms. The number of hydrogen-bond acceptors (Lipinski definition) is 4. The fourth-order valence-corrected chi connectivity index (χ4v) is 2.28. The number of rotatable bonds is 3. The van der Waals surface area contributed by atoms with Crippen LogP contribution in [0.1, 0.15) is 38.4 Å². The molecule has 5 heteroatoms. The lowest BCUT2D eigenvalue weighted by atomic mass is 9.91. The molecule has 1 aromatic heterocycles. The van der Waals surface area contributed by atoms with Gasteiger partial charge in [0.1, 0.15) is 11.6 Å². The Morgan fingerprint density at radius 1 is 1.53 bits per heavy atom. The van der Waals surface area contributed by atoms with Crippen molar-refractivity contribution in [3.05, 3.63) is 22.2 Å². The summed E-state index contributed by atoms with van der Waals surface area (Å²) in [6.07, 6.45) is 5.21. The second-order valence-corrected chi connectivity index (χ2v) is 4.63. The van der Waals surface area contributed by atoms with E-state index in [0.29, 0.717) is 11.6 Å². The number of nitrogens with one attached hydrogen (secondary N) is 2. The average molecular weight is 236 g/mol. The summed E-state index contributed by atoms with van der Waals surface area (Å²) in [7, 11) is 0. The first kappa shape index (κ1) is 12.1. The number of aryl methyl sites for hydroxylation is 1. The molecule has 0 spiro atoms. The van der Waals surface area contributed by atoms with Gasteiger partial charge in [0.2, 0.25) is 0 Å². The first-order chi connectivity index (χ1) is 8.19. The van der Waals surface area contributed by atoms with Gasteiger partial charge in [0.05, 0.1) is 0 Å². The maximum atomic E-state index is 11.4. The van der Waals surface area contributed by atoms with Crippen molar-refractivity contribution in [1.29, 1.82) is 0 Å². The van der Waals surface area contributed by atoms with Gasteiger partial charge >= 0.3 is 0 Å². The highest BCUT2D eigenvalue weighted by Crippen LogP contribution is 2.19. The quantitative estimate of drug-likeness (QED) is 0.731. The molecule has 2 unspecified atom stereocenters. The van der Waals surface area contributed by atoms with Gasteiger partial charge in [-0.15, -0.1) is 0 Å². The number of anilines is 1. The van der Waals surface area contributed by atoms with Crippen molar-refractivity contribution in [2.24, 2.45) is 5.73 Å². The Kier molecular flexibility index (Phi) is 3.78. The van der Waals surface area contributed by atoms with E-state index in [1.807, 2.05) is 6.92 Å². The molecule has 1 aromatic rings. The second-order valence-electron chi connectivity index (χ2n) is 4.63. The zero-order valence-corrected chi connectivity index (χ0v) is 10.2. The summed E-state index contributed by atoms with van der Waals surface area (Å²) in [5.41, 5.74) is 5.95. The maximum Gasteiger partial charge on any atom is 0.252 e. The minimum absolute atomic E-state index is 0.108. The fourth-order valence-electron chi connectivity index (χ4n) is 2.28. The summed E-state index contributed by atoms with van der Waals surface area (Å²) in [5.74, 6) is 1.36. The van der Waals surface area contributed by atoms with E-state index in [9.17, 15) is 4.79 Å². The molecule has 1 aliphatic rings. The molecule has 1 fully saturated rings. The van der Waals surface area contributed by atoms with E-state index in [1.54, 1.807) is 0 Å². The minimum atomic E-state index is -0.108. The molecule has 17 heavy (non-hydrogen) atoms. The van der Waals surface area contributed by atoms with Crippen LogP contribution >= 0.6 is 0 Å². The predicted octanol–water partition coefficient (Wildman–Crippen LogP) is 1.01. The summed E-state index contributed by atoms with van der Waals surface area (Å²) < 4.78 is 0. The first-order valence-electron chi connectivity index (χ1n) is 6.31. The Hall–Kier alpha value is -1.36. The number of aromatic amines is 1. The van der Waals surface area contributed by atoms with Crippen molar-refractivity contribution in [2.45, 2.75) is 51.1 Å². The summed E-state index contributed by atoms with van der Waals surface area (Å²) in [6, 6.07) is 1.90. The second kappa shape index (κ2) is 5.31. The Morgan fingerprint density at radius 2 is 2.29 bits per heavy atom. The van der Waals surface area contributed by atoms with Crippen molar-refractivity contribution in [2.75, 3.05) is 5.32 Å². The molecule has 5 nitrogen and oxygen atoms in total. The normalized spacial score (nSPS) is 24.6. The van der Waals surface area contributed by atoms with Gasteiger partial charge in [0.15, 0.2) is 0 Å². The van der Waals surface area contributed by atoms with E-state index in [1.165, 1.54) is 18.9 Å². The summed E-state index contributed by atoms with van der Waals surface area (Å²) >= 11 is 0. The van der Waals surface area contributed by atoms with Crippen LogP contribution in [0.15, 0.2) is 10.9 Å². The highest BCUT2D eigenvalue weighted by molar-refractivity contribution is 5.35. The van der Waals surface area contributed by atoms with Crippen LogP contribution in [0.2, 0.25) is 0 Å². The third-order valence-electron chi connectivity index (χ3n) is 3.28. The Balaban J connectivity index is 2.11. The lowest BCUT2D eigenvalue weighted by Gasteiger charge is -2.29. The molecule has 1 aliphatic carbocycles. The maximum absolute atomic E-state index is 11.4. The number of H-pyrrole nitrogens is 1. The molecule has 0 saturated heterocycles. The zero-order valence-electron chi connectivity index (χ0n) is 10.2. The van der Waals surface area contributed by atoms with Gasteiger partial charge in [-0.05, 0) is 12.8 Å². The minimum Gasteiger partial charge on any atom is -0.366 e. The van der Waals surface area contributed by atoms with Gasteiger partial charge in [0, 0.05) is 24.6 Å². The highest BCUT2D eigenvalue weighted by atomic mass is 16.1. The van der Waals surface area contributed by atoms with E-state index in [-0.39, 0.29) is 17.6 Å². The molecule has 94 valence electrons. The Morgan fingerprint density at radius 3 is 3.00 bits per heavy atom. The zero-order chi connectivity index (χ0) is 12.3. The van der Waals surface area contributed by atoms with Gasteiger partial charge in [0.25, 0.3) is 5.56 Å². The van der Waals surface area contributed by atoms with E-state index >= 15 is 0 Å². The monoisotopic (exact) mass is 236 g/mol. The van der Waals surface area contributed by atoms with E-state index in [2.05, 4.69) is 15.3 Å². The lowest BCUT2D eigenvalue weighted by molar-refractivity contribution is 0.403. The molecule has 0 aliphatic heterocycles. The first-order valence-corrected chi connectivity index (χ1v) is 6.31. The van der Waals surface area contributed by atoms with Crippen LogP contribution in [0, 0.1) is 0 Å². The average Bonchev–Trinajstić information content (AvgIpc) is 2.31. The van der Waals surface area contributed by atoms with Crippen LogP contribution < -0.4 is 16.6 Å². The lowest BCUT2D eigenvalue weighted by Crippen LogP contribution is -2.43. The molecule has 2 atom stereocenters. The van der Waals surface area contributed by atoms with Gasteiger partial charge < -0.3 is 16.0 Å². The van der Waals surface area contributed by atoms with Crippen molar-refractivity contribution in [3.63, 3.8) is 0 Å². The Bertz CT molecular complexity index is 429. The molecule has 0 aromatic carbocycles. The van der Waals surface area contributed by atoms with Gasteiger partial charge in [-0.3, -0.25) is 4.79 Å². The summed E-state index contributed by atoms with van der Waals surface area (Å²) in [6.45, 7) is 1.97. The SMILES string of the molecule is CCc1nc(NC2CCCCC2N)cc(=O)[nH]1. The van der Waals surface area contributed by atoms with E-state index in [4.69, 9.17) is 5.73 Å². The van der Waals surface area contributed by atoms with Gasteiger partial charge in [-0.2, -0.15) is 0 Å². The van der Waals surface area contributed by atoms with E-state index < -0.39 is 0 Å². The highest BCUT2D eigenvalue weighted by Gasteiger charge is 2.21. The number of nitrogens with two attached hydrogens (primary N) is 1. The smallest absolute Gasteiger partial charge is 0.252 e. The van der Waals surface area contributed by atoms with Crippen LogP contribution in [-0.2, 0) is 6.42 Å². The van der Waals surface area contributed by atoms with Crippen molar-refractivity contribution >= 4 is 5.82 Å². The molecular weight excluding hydrogens is 216 g/mol.